The first kappa shape index (κ1) is 17.7. The maximum atomic E-state index is 12.6. The van der Waals surface area contributed by atoms with Gasteiger partial charge in [-0.2, -0.15) is 5.10 Å². The van der Waals surface area contributed by atoms with Gasteiger partial charge in [0.1, 0.15) is 17.3 Å². The molecule has 1 N–H and O–H groups in total. The van der Waals surface area contributed by atoms with E-state index in [4.69, 9.17) is 0 Å². The molecule has 0 bridgehead atoms. The van der Waals surface area contributed by atoms with Crippen LogP contribution in [0.3, 0.4) is 0 Å². The van der Waals surface area contributed by atoms with E-state index in [-0.39, 0.29) is 17.5 Å². The zero-order chi connectivity index (χ0) is 18.8. The summed E-state index contributed by atoms with van der Waals surface area (Å²) in [7, 11) is 0. The van der Waals surface area contributed by atoms with Gasteiger partial charge in [0.15, 0.2) is 0 Å². The van der Waals surface area contributed by atoms with Gasteiger partial charge in [-0.3, -0.25) is 14.3 Å². The number of carbonyl (C=O) groups is 1. The summed E-state index contributed by atoms with van der Waals surface area (Å²) < 4.78 is 1.69. The number of anilines is 1. The third-order valence-corrected chi connectivity index (χ3v) is 5.45. The topological polar surface area (TPSA) is 100 Å². The third kappa shape index (κ3) is 3.45. The SMILES string of the molecule is CCn1c(C2CCCN(c3cncc(C(=O)N4CCCC4)n3)C2)n[nH]c1=O. The number of hydrogen-bond donors (Lipinski definition) is 1. The summed E-state index contributed by atoms with van der Waals surface area (Å²) in [5.41, 5.74) is 0.240. The lowest BCUT2D eigenvalue weighted by molar-refractivity contribution is 0.0786. The first-order chi connectivity index (χ1) is 13.2. The van der Waals surface area contributed by atoms with Gasteiger partial charge in [0, 0.05) is 38.6 Å². The van der Waals surface area contributed by atoms with Gasteiger partial charge in [-0.1, -0.05) is 0 Å². The predicted molar refractivity (Wildman–Crippen MR) is 99.9 cm³/mol. The van der Waals surface area contributed by atoms with Crippen LogP contribution in [0.4, 0.5) is 5.82 Å². The van der Waals surface area contributed by atoms with Crippen molar-refractivity contribution >= 4 is 11.7 Å². The number of nitrogens with zero attached hydrogens (tertiary/aromatic N) is 6. The standard InChI is InChI=1S/C18H25N7O2/c1-2-25-16(21-22-18(25)27)13-6-5-9-24(12-13)15-11-19-10-14(20-15)17(26)23-7-3-4-8-23/h10-11,13H,2-9,12H2,1H3,(H,22,27). The van der Waals surface area contributed by atoms with Crippen LogP contribution < -0.4 is 10.6 Å². The molecule has 1 unspecified atom stereocenters. The van der Waals surface area contributed by atoms with Gasteiger partial charge in [0.05, 0.1) is 12.4 Å². The van der Waals surface area contributed by atoms with Crippen molar-refractivity contribution in [3.05, 3.63) is 34.4 Å². The number of rotatable bonds is 4. The van der Waals surface area contributed by atoms with E-state index in [1.807, 2.05) is 11.8 Å². The molecule has 144 valence electrons. The highest BCUT2D eigenvalue weighted by Crippen LogP contribution is 2.27. The molecular formula is C18H25N7O2. The lowest BCUT2D eigenvalue weighted by Gasteiger charge is -2.33. The van der Waals surface area contributed by atoms with Gasteiger partial charge in [0.2, 0.25) is 0 Å². The fourth-order valence-corrected chi connectivity index (χ4v) is 4.04. The molecule has 0 saturated carbocycles. The van der Waals surface area contributed by atoms with Gasteiger partial charge in [-0.05, 0) is 32.6 Å². The molecule has 2 aromatic heterocycles. The fourth-order valence-electron chi connectivity index (χ4n) is 4.04. The minimum atomic E-state index is -0.164. The third-order valence-electron chi connectivity index (χ3n) is 5.45. The molecule has 2 saturated heterocycles. The van der Waals surface area contributed by atoms with Crippen molar-refractivity contribution < 1.29 is 4.79 Å². The number of amides is 1. The average Bonchev–Trinajstić information content (AvgIpc) is 3.37. The highest BCUT2D eigenvalue weighted by molar-refractivity contribution is 5.92. The highest BCUT2D eigenvalue weighted by Gasteiger charge is 2.28. The van der Waals surface area contributed by atoms with Crippen LogP contribution in [0.5, 0.6) is 0 Å². The van der Waals surface area contributed by atoms with Crippen molar-refractivity contribution in [2.75, 3.05) is 31.1 Å². The van der Waals surface area contributed by atoms with E-state index < -0.39 is 0 Å². The van der Waals surface area contributed by atoms with Crippen molar-refractivity contribution in [2.45, 2.75) is 45.1 Å². The largest absolute Gasteiger partial charge is 0.355 e. The summed E-state index contributed by atoms with van der Waals surface area (Å²) in [5.74, 6) is 1.62. The Morgan fingerprint density at radius 3 is 2.81 bits per heavy atom. The maximum absolute atomic E-state index is 12.6. The first-order valence-electron chi connectivity index (χ1n) is 9.68. The summed E-state index contributed by atoms with van der Waals surface area (Å²) in [6.45, 7) is 5.70. The van der Waals surface area contributed by atoms with Gasteiger partial charge in [-0.25, -0.2) is 14.9 Å². The quantitative estimate of drug-likeness (QED) is 0.861. The molecule has 4 rings (SSSR count). The molecule has 0 radical (unpaired) electrons. The first-order valence-corrected chi connectivity index (χ1v) is 9.68. The van der Waals surface area contributed by atoms with E-state index >= 15 is 0 Å². The van der Waals surface area contributed by atoms with E-state index in [1.165, 1.54) is 0 Å². The molecule has 0 aromatic carbocycles. The maximum Gasteiger partial charge on any atom is 0.343 e. The molecule has 2 aliphatic heterocycles. The number of piperidine rings is 1. The molecular weight excluding hydrogens is 346 g/mol. The Labute approximate surface area is 157 Å². The van der Waals surface area contributed by atoms with Crippen LogP contribution in [0.25, 0.3) is 0 Å². The van der Waals surface area contributed by atoms with E-state index in [1.54, 1.807) is 17.0 Å². The summed E-state index contributed by atoms with van der Waals surface area (Å²) in [6.07, 6.45) is 7.31. The molecule has 1 amide bonds. The molecule has 1 atom stereocenters. The zero-order valence-electron chi connectivity index (χ0n) is 15.6. The highest BCUT2D eigenvalue weighted by atomic mass is 16.2. The van der Waals surface area contributed by atoms with Gasteiger partial charge in [-0.15, -0.1) is 0 Å². The predicted octanol–water partition coefficient (Wildman–Crippen LogP) is 1.00. The van der Waals surface area contributed by atoms with Crippen molar-refractivity contribution in [3.8, 4) is 0 Å². The lowest BCUT2D eigenvalue weighted by Crippen LogP contribution is -2.37. The molecule has 9 heteroatoms. The van der Waals surface area contributed by atoms with Crippen molar-refractivity contribution in [1.29, 1.82) is 0 Å². The summed E-state index contributed by atoms with van der Waals surface area (Å²) in [4.78, 5) is 37.3. The van der Waals surface area contributed by atoms with Crippen LogP contribution in [0, 0.1) is 0 Å². The molecule has 9 nitrogen and oxygen atoms in total. The van der Waals surface area contributed by atoms with Gasteiger partial charge >= 0.3 is 5.69 Å². The van der Waals surface area contributed by atoms with E-state index in [0.717, 1.165) is 51.1 Å². The lowest BCUT2D eigenvalue weighted by atomic mass is 9.97. The number of aromatic nitrogens is 5. The van der Waals surface area contributed by atoms with Crippen molar-refractivity contribution in [2.24, 2.45) is 0 Å². The summed E-state index contributed by atoms with van der Waals surface area (Å²) in [5, 5.41) is 6.79. The monoisotopic (exact) mass is 371 g/mol. The normalized spacial score (nSPS) is 20.3. The number of hydrogen-bond acceptors (Lipinski definition) is 6. The fraction of sp³-hybridized carbons (Fsp3) is 0.611. The molecule has 27 heavy (non-hydrogen) atoms. The van der Waals surface area contributed by atoms with Gasteiger partial charge in [0.25, 0.3) is 5.91 Å². The van der Waals surface area contributed by atoms with Crippen LogP contribution in [-0.4, -0.2) is 61.7 Å². The molecule has 2 fully saturated rings. The van der Waals surface area contributed by atoms with Crippen LogP contribution in [-0.2, 0) is 6.54 Å². The van der Waals surface area contributed by atoms with Gasteiger partial charge < -0.3 is 9.80 Å². The second-order valence-electron chi connectivity index (χ2n) is 7.18. The minimum absolute atomic E-state index is 0.0393. The second kappa shape index (κ2) is 7.50. The number of nitrogens with one attached hydrogen (secondary N) is 1. The number of H-pyrrole nitrogens is 1. The number of aromatic amines is 1. The van der Waals surface area contributed by atoms with Crippen LogP contribution in [0.15, 0.2) is 17.2 Å². The van der Waals surface area contributed by atoms with E-state index in [0.29, 0.717) is 24.6 Å². The Hall–Kier alpha value is -2.71. The van der Waals surface area contributed by atoms with Crippen molar-refractivity contribution in [3.63, 3.8) is 0 Å². The average molecular weight is 371 g/mol. The van der Waals surface area contributed by atoms with Crippen LogP contribution in [0.2, 0.25) is 0 Å². The summed E-state index contributed by atoms with van der Waals surface area (Å²) in [6, 6.07) is 0. The Morgan fingerprint density at radius 2 is 2.04 bits per heavy atom. The zero-order valence-corrected chi connectivity index (χ0v) is 15.6. The van der Waals surface area contributed by atoms with Crippen molar-refractivity contribution in [1.82, 2.24) is 29.6 Å². The molecule has 4 heterocycles. The summed E-state index contributed by atoms with van der Waals surface area (Å²) >= 11 is 0. The minimum Gasteiger partial charge on any atom is -0.355 e. The van der Waals surface area contributed by atoms with Crippen LogP contribution in [0.1, 0.15) is 54.8 Å². The number of likely N-dealkylation sites (tertiary alicyclic amines) is 1. The Kier molecular flexibility index (Phi) is 4.91. The number of carbonyl (C=O) groups excluding carboxylic acids is 1. The molecule has 0 aliphatic carbocycles. The molecule has 2 aromatic rings. The van der Waals surface area contributed by atoms with E-state index in [9.17, 15) is 9.59 Å². The Morgan fingerprint density at radius 1 is 1.22 bits per heavy atom. The molecule has 2 aliphatic rings. The smallest absolute Gasteiger partial charge is 0.343 e. The Balaban J connectivity index is 1.53. The van der Waals surface area contributed by atoms with E-state index in [2.05, 4.69) is 25.1 Å². The Bertz CT molecular complexity index is 869. The second-order valence-corrected chi connectivity index (χ2v) is 7.18. The molecule has 0 spiro atoms. The van der Waals surface area contributed by atoms with Crippen LogP contribution >= 0.6 is 0 Å².